The molecule has 2 heterocycles. The number of pyridine rings is 1. The molecule has 1 N–H and O–H groups in total. The second-order valence-electron chi connectivity index (χ2n) is 4.72. The third-order valence-corrected chi connectivity index (χ3v) is 3.17. The minimum absolute atomic E-state index is 0.0782. The summed E-state index contributed by atoms with van der Waals surface area (Å²) in [6, 6.07) is 4.62. The Bertz CT molecular complexity index is 786. The van der Waals surface area contributed by atoms with Gasteiger partial charge in [-0.25, -0.2) is 18.7 Å². The summed E-state index contributed by atoms with van der Waals surface area (Å²) in [5.41, 5.74) is -2.21. The van der Waals surface area contributed by atoms with Gasteiger partial charge in [-0.15, -0.1) is 0 Å². The zero-order valence-corrected chi connectivity index (χ0v) is 13.0. The van der Waals surface area contributed by atoms with E-state index in [0.717, 1.165) is 6.20 Å². The van der Waals surface area contributed by atoms with Gasteiger partial charge in [0, 0.05) is 6.92 Å². The molecule has 126 valence electrons. The first-order chi connectivity index (χ1) is 11.2. The number of nitriles is 1. The lowest BCUT2D eigenvalue weighted by Gasteiger charge is -2.14. The maximum atomic E-state index is 13.4. The van der Waals surface area contributed by atoms with E-state index in [4.69, 9.17) is 16.9 Å². The van der Waals surface area contributed by atoms with E-state index in [1.807, 2.05) is 6.07 Å². The second kappa shape index (κ2) is 6.97. The summed E-state index contributed by atoms with van der Waals surface area (Å²) in [4.78, 5) is 11.0. The first-order valence-corrected chi connectivity index (χ1v) is 6.93. The van der Waals surface area contributed by atoms with Crippen LogP contribution >= 0.6 is 11.6 Å². The molecular weight excluding hydrogens is 350 g/mol. The Morgan fingerprint density at radius 3 is 2.58 bits per heavy atom. The van der Waals surface area contributed by atoms with Crippen molar-refractivity contribution in [2.75, 3.05) is 11.9 Å². The van der Waals surface area contributed by atoms with Gasteiger partial charge in [0.1, 0.15) is 29.4 Å². The average molecular weight is 360 g/mol. The van der Waals surface area contributed by atoms with Gasteiger partial charge < -0.3 is 5.32 Å². The topological polar surface area (TPSA) is 74.5 Å². The molecule has 0 radical (unpaired) electrons. The molecule has 0 bridgehead atoms. The summed E-state index contributed by atoms with van der Waals surface area (Å²) >= 11 is 5.90. The molecule has 0 aliphatic heterocycles. The van der Waals surface area contributed by atoms with Crippen molar-refractivity contribution in [1.29, 1.82) is 5.26 Å². The molecular formula is C14H10ClF4N5. The van der Waals surface area contributed by atoms with E-state index in [9.17, 15) is 17.6 Å². The van der Waals surface area contributed by atoms with E-state index in [1.54, 1.807) is 0 Å². The fourth-order valence-corrected chi connectivity index (χ4v) is 2.02. The minimum atomic E-state index is -3.55. The van der Waals surface area contributed by atoms with E-state index < -0.39 is 23.7 Å². The number of halogens is 5. The zero-order chi connectivity index (χ0) is 17.9. The van der Waals surface area contributed by atoms with Crippen LogP contribution < -0.4 is 5.32 Å². The molecule has 0 amide bonds. The van der Waals surface area contributed by atoms with E-state index in [-0.39, 0.29) is 28.8 Å². The number of rotatable bonds is 5. The van der Waals surface area contributed by atoms with Gasteiger partial charge in [-0.3, -0.25) is 4.98 Å². The predicted octanol–water partition coefficient (Wildman–Crippen LogP) is 4.18. The maximum Gasteiger partial charge on any atom is 0.288 e. The fourth-order valence-electron chi connectivity index (χ4n) is 1.85. The summed E-state index contributed by atoms with van der Waals surface area (Å²) < 4.78 is 52.8. The summed E-state index contributed by atoms with van der Waals surface area (Å²) in [7, 11) is 0. The van der Waals surface area contributed by atoms with Gasteiger partial charge in [0.2, 0.25) is 0 Å². The van der Waals surface area contributed by atoms with Gasteiger partial charge in [-0.05, 0) is 12.1 Å². The fraction of sp³-hybridized carbons (Fsp3) is 0.286. The molecule has 2 aromatic heterocycles. The Morgan fingerprint density at radius 2 is 2.00 bits per heavy atom. The molecule has 5 nitrogen and oxygen atoms in total. The highest BCUT2D eigenvalue weighted by atomic mass is 35.5. The predicted molar refractivity (Wildman–Crippen MR) is 78.9 cm³/mol. The molecule has 0 aliphatic rings. The Labute approximate surface area is 139 Å². The largest absolute Gasteiger partial charge is 0.356 e. The number of nitrogens with one attached hydrogen (secondary N) is 1. The van der Waals surface area contributed by atoms with Crippen LogP contribution in [0.3, 0.4) is 0 Å². The molecule has 2 rings (SSSR count). The van der Waals surface area contributed by atoms with Crippen molar-refractivity contribution in [3.05, 3.63) is 34.7 Å². The molecule has 0 fully saturated rings. The van der Waals surface area contributed by atoms with Gasteiger partial charge in [0.25, 0.3) is 12.3 Å². The molecule has 0 aliphatic carbocycles. The maximum absolute atomic E-state index is 13.4. The van der Waals surface area contributed by atoms with Crippen LogP contribution in [0.4, 0.5) is 23.4 Å². The van der Waals surface area contributed by atoms with Crippen molar-refractivity contribution < 1.29 is 17.6 Å². The summed E-state index contributed by atoms with van der Waals surface area (Å²) in [5.74, 6) is -3.41. The lowest BCUT2D eigenvalue weighted by molar-refractivity contribution is 0.00648. The molecule has 0 spiro atoms. The number of nitrogens with zero attached hydrogens (tertiary/aromatic N) is 4. The average Bonchev–Trinajstić information content (AvgIpc) is 2.52. The summed E-state index contributed by atoms with van der Waals surface area (Å²) in [6.07, 6.45) is -2.29. The molecule has 0 saturated carbocycles. The van der Waals surface area contributed by atoms with Crippen molar-refractivity contribution >= 4 is 17.4 Å². The van der Waals surface area contributed by atoms with Crippen LogP contribution in [0.25, 0.3) is 11.4 Å². The van der Waals surface area contributed by atoms with Gasteiger partial charge in [0.15, 0.2) is 0 Å². The number of aromatic nitrogens is 3. The van der Waals surface area contributed by atoms with Crippen molar-refractivity contribution in [3.8, 4) is 17.5 Å². The van der Waals surface area contributed by atoms with Crippen LogP contribution in [0.5, 0.6) is 0 Å². The number of hydrogen-bond acceptors (Lipinski definition) is 5. The van der Waals surface area contributed by atoms with Crippen molar-refractivity contribution in [2.24, 2.45) is 0 Å². The standard InChI is InChI=1S/C14H10ClF4N5/c1-14(18,19)11-10(12(16)17)23-9(6-22-11)8-3-2-7(15)13(24-8)21-5-4-20/h2-3,6,12H,5H2,1H3,(H,21,24). The normalized spacial score (nSPS) is 11.4. The zero-order valence-electron chi connectivity index (χ0n) is 12.2. The SMILES string of the molecule is CC(F)(F)c1ncc(-c2ccc(Cl)c(NCC#N)n2)nc1C(F)F. The van der Waals surface area contributed by atoms with Gasteiger partial charge in [-0.2, -0.15) is 14.0 Å². The molecule has 10 heteroatoms. The molecule has 0 saturated heterocycles. The monoisotopic (exact) mass is 359 g/mol. The third kappa shape index (κ3) is 3.89. The minimum Gasteiger partial charge on any atom is -0.356 e. The van der Waals surface area contributed by atoms with E-state index in [1.165, 1.54) is 12.1 Å². The highest BCUT2D eigenvalue weighted by Crippen LogP contribution is 2.33. The van der Waals surface area contributed by atoms with E-state index in [2.05, 4.69) is 20.3 Å². The Kier molecular flexibility index (Phi) is 5.19. The van der Waals surface area contributed by atoms with Crippen molar-refractivity contribution in [3.63, 3.8) is 0 Å². The van der Waals surface area contributed by atoms with Crippen molar-refractivity contribution in [1.82, 2.24) is 15.0 Å². The van der Waals surface area contributed by atoms with E-state index >= 15 is 0 Å². The Morgan fingerprint density at radius 1 is 1.29 bits per heavy atom. The van der Waals surface area contributed by atoms with Crippen LogP contribution in [0.2, 0.25) is 5.02 Å². The van der Waals surface area contributed by atoms with Gasteiger partial charge >= 0.3 is 0 Å². The lowest BCUT2D eigenvalue weighted by atomic mass is 10.2. The van der Waals surface area contributed by atoms with Crippen LogP contribution in [0.1, 0.15) is 24.7 Å². The molecule has 24 heavy (non-hydrogen) atoms. The van der Waals surface area contributed by atoms with Crippen LogP contribution in [-0.4, -0.2) is 21.5 Å². The molecule has 0 aromatic carbocycles. The Hall–Kier alpha value is -2.47. The van der Waals surface area contributed by atoms with Crippen molar-refractivity contribution in [2.45, 2.75) is 19.3 Å². The Balaban J connectivity index is 2.50. The first-order valence-electron chi connectivity index (χ1n) is 6.55. The quantitative estimate of drug-likeness (QED) is 0.640. The van der Waals surface area contributed by atoms with Gasteiger partial charge in [0.05, 0.1) is 23.0 Å². The van der Waals surface area contributed by atoms with Crippen LogP contribution in [0, 0.1) is 11.3 Å². The summed E-state index contributed by atoms with van der Waals surface area (Å²) in [5, 5.41) is 11.4. The van der Waals surface area contributed by atoms with E-state index in [0.29, 0.717) is 6.92 Å². The second-order valence-corrected chi connectivity index (χ2v) is 5.12. The van der Waals surface area contributed by atoms with Gasteiger partial charge in [-0.1, -0.05) is 11.6 Å². The molecule has 0 unspecified atom stereocenters. The van der Waals surface area contributed by atoms with Crippen LogP contribution in [-0.2, 0) is 5.92 Å². The van der Waals surface area contributed by atoms with Crippen LogP contribution in [0.15, 0.2) is 18.3 Å². The molecule has 0 atom stereocenters. The smallest absolute Gasteiger partial charge is 0.288 e. The highest BCUT2D eigenvalue weighted by molar-refractivity contribution is 6.33. The highest BCUT2D eigenvalue weighted by Gasteiger charge is 2.34. The number of anilines is 1. The number of hydrogen-bond donors (Lipinski definition) is 1. The summed E-state index contributed by atoms with van der Waals surface area (Å²) in [6.45, 7) is 0.387. The first kappa shape index (κ1) is 17.9. The number of alkyl halides is 4. The molecule has 2 aromatic rings. The lowest BCUT2D eigenvalue weighted by Crippen LogP contribution is -2.16. The third-order valence-electron chi connectivity index (χ3n) is 2.87.